The summed E-state index contributed by atoms with van der Waals surface area (Å²) in [5.74, 6) is 1.25. The van der Waals surface area contributed by atoms with Crippen molar-refractivity contribution in [1.29, 1.82) is 0 Å². The molecule has 0 saturated heterocycles. The van der Waals surface area contributed by atoms with Gasteiger partial charge in [0.25, 0.3) is 0 Å². The van der Waals surface area contributed by atoms with Gasteiger partial charge in [-0.25, -0.2) is 4.98 Å². The Kier molecular flexibility index (Phi) is 9.53. The summed E-state index contributed by atoms with van der Waals surface area (Å²) >= 11 is 0. The van der Waals surface area contributed by atoms with Crippen molar-refractivity contribution in [3.63, 3.8) is 0 Å². The minimum atomic E-state index is 0.0808. The van der Waals surface area contributed by atoms with Crippen LogP contribution in [-0.2, 0) is 0 Å². The first-order chi connectivity index (χ1) is 27.9. The van der Waals surface area contributed by atoms with Gasteiger partial charge in [0, 0.05) is 29.3 Å². The summed E-state index contributed by atoms with van der Waals surface area (Å²) in [5.41, 5.74) is 15.9. The molecule has 7 aromatic carbocycles. The van der Waals surface area contributed by atoms with E-state index in [0.29, 0.717) is 11.5 Å². The molecule has 0 aliphatic rings. The van der Waals surface area contributed by atoms with Crippen LogP contribution in [-0.4, -0.2) is 19.6 Å². The summed E-state index contributed by atoms with van der Waals surface area (Å²) in [6, 6.07) is 63.7. The first-order valence-corrected chi connectivity index (χ1v) is 19.6. The van der Waals surface area contributed by atoms with Crippen LogP contribution in [0.5, 0.6) is 5.75 Å². The number of nitrogens with zero attached hydrogens (tertiary/aromatic N) is 3. The Morgan fingerprint density at radius 3 is 1.68 bits per heavy atom. The molecule has 1 unspecified atom stereocenters. The molecule has 4 heteroatoms. The quantitative estimate of drug-likeness (QED) is 0.160. The van der Waals surface area contributed by atoms with Gasteiger partial charge in [0.05, 0.1) is 22.3 Å². The molecule has 0 fully saturated rings. The molecular formula is C53H43N3O. The van der Waals surface area contributed by atoms with Gasteiger partial charge >= 0.3 is 0 Å². The third-order valence-electron chi connectivity index (χ3n) is 11.0. The smallest absolute Gasteiger partial charge is 0.145 e. The van der Waals surface area contributed by atoms with Crippen LogP contribution in [0.1, 0.15) is 43.9 Å². The van der Waals surface area contributed by atoms with Crippen molar-refractivity contribution >= 4 is 11.0 Å². The predicted octanol–water partition coefficient (Wildman–Crippen LogP) is 13.9. The van der Waals surface area contributed by atoms with Crippen molar-refractivity contribution in [3.05, 3.63) is 199 Å². The van der Waals surface area contributed by atoms with Crippen molar-refractivity contribution in [3.8, 4) is 72.9 Å². The summed E-state index contributed by atoms with van der Waals surface area (Å²) < 4.78 is 2.25. The predicted molar refractivity (Wildman–Crippen MR) is 236 cm³/mol. The molecule has 0 bridgehead atoms. The van der Waals surface area contributed by atoms with Crippen molar-refractivity contribution in [2.24, 2.45) is 0 Å². The molecule has 0 aliphatic heterocycles. The van der Waals surface area contributed by atoms with Crippen molar-refractivity contribution in [2.75, 3.05) is 0 Å². The number of para-hydroxylation sites is 1. The Labute approximate surface area is 334 Å². The van der Waals surface area contributed by atoms with Gasteiger partial charge in [-0.05, 0) is 119 Å². The van der Waals surface area contributed by atoms with E-state index < -0.39 is 0 Å². The maximum absolute atomic E-state index is 11.1. The topological polar surface area (TPSA) is 50.9 Å². The zero-order chi connectivity index (χ0) is 38.9. The SMILES string of the molecule is CC(c1ccccc1)c1ccc(-c2ccnc(-c3cc(-c4ccccc4)cc(-c4cc(-c5ccccc5)cc5c4nc(-c4ccccc4O)n5C(C)C)c3)c2)cc1. The van der Waals surface area contributed by atoms with Crippen LogP contribution in [0, 0.1) is 0 Å². The molecule has 0 aliphatic carbocycles. The standard InChI is InChI=1S/C53H43N3O/c1-35(2)56-50-34-44(40-19-11-6-12-20-40)32-48(52(50)55-53(56)47-21-13-14-22-51(47)57)45-29-43(39-17-9-5-10-18-39)30-46(31-45)49-33-42(27-28-54-49)41-25-23-38(24-26-41)36(3)37-15-7-4-8-16-37/h4-36,57H,1-3H3. The van der Waals surface area contributed by atoms with Crippen LogP contribution in [0.3, 0.4) is 0 Å². The highest BCUT2D eigenvalue weighted by atomic mass is 16.3. The molecule has 9 aromatic rings. The normalized spacial score (nSPS) is 11.9. The number of aromatic nitrogens is 3. The fourth-order valence-electron chi connectivity index (χ4n) is 7.98. The fourth-order valence-corrected chi connectivity index (χ4v) is 7.98. The molecule has 0 spiro atoms. The number of pyridine rings is 1. The van der Waals surface area contributed by atoms with Crippen LogP contribution in [0.2, 0.25) is 0 Å². The average Bonchev–Trinajstić information content (AvgIpc) is 3.66. The minimum Gasteiger partial charge on any atom is -0.507 e. The maximum atomic E-state index is 11.1. The summed E-state index contributed by atoms with van der Waals surface area (Å²) in [7, 11) is 0. The van der Waals surface area contributed by atoms with E-state index in [1.807, 2.05) is 30.5 Å². The summed E-state index contributed by atoms with van der Waals surface area (Å²) in [5, 5.41) is 11.1. The molecule has 276 valence electrons. The molecule has 0 saturated carbocycles. The highest BCUT2D eigenvalue weighted by molar-refractivity contribution is 6.00. The third-order valence-corrected chi connectivity index (χ3v) is 11.0. The van der Waals surface area contributed by atoms with E-state index in [1.165, 1.54) is 11.1 Å². The van der Waals surface area contributed by atoms with Gasteiger partial charge in [-0.3, -0.25) is 4.98 Å². The van der Waals surface area contributed by atoms with E-state index in [4.69, 9.17) is 9.97 Å². The monoisotopic (exact) mass is 737 g/mol. The number of imidazole rings is 1. The summed E-state index contributed by atoms with van der Waals surface area (Å²) in [6.45, 7) is 6.60. The van der Waals surface area contributed by atoms with Crippen molar-refractivity contribution in [1.82, 2.24) is 14.5 Å². The van der Waals surface area contributed by atoms with E-state index in [1.54, 1.807) is 6.07 Å². The molecule has 0 amide bonds. The van der Waals surface area contributed by atoms with E-state index in [2.05, 4.69) is 177 Å². The lowest BCUT2D eigenvalue weighted by molar-refractivity contribution is 0.476. The molecule has 57 heavy (non-hydrogen) atoms. The van der Waals surface area contributed by atoms with Crippen LogP contribution in [0.4, 0.5) is 0 Å². The highest BCUT2D eigenvalue weighted by Crippen LogP contribution is 2.42. The van der Waals surface area contributed by atoms with Crippen LogP contribution in [0.25, 0.3) is 78.2 Å². The molecular weight excluding hydrogens is 695 g/mol. The maximum Gasteiger partial charge on any atom is 0.145 e. The Morgan fingerprint density at radius 1 is 0.456 bits per heavy atom. The molecule has 2 aromatic heterocycles. The van der Waals surface area contributed by atoms with Gasteiger partial charge in [0.2, 0.25) is 0 Å². The van der Waals surface area contributed by atoms with E-state index in [-0.39, 0.29) is 11.8 Å². The van der Waals surface area contributed by atoms with E-state index >= 15 is 0 Å². The average molecular weight is 738 g/mol. The molecule has 0 radical (unpaired) electrons. The Morgan fingerprint density at radius 2 is 1.02 bits per heavy atom. The fraction of sp³-hybridized carbons (Fsp3) is 0.0943. The van der Waals surface area contributed by atoms with Crippen molar-refractivity contribution in [2.45, 2.75) is 32.7 Å². The number of hydrogen-bond acceptors (Lipinski definition) is 3. The third kappa shape index (κ3) is 7.03. The summed E-state index contributed by atoms with van der Waals surface area (Å²) in [6.07, 6.45) is 1.91. The Balaban J connectivity index is 1.22. The van der Waals surface area contributed by atoms with Gasteiger partial charge in [-0.1, -0.05) is 134 Å². The molecule has 1 N–H and O–H groups in total. The van der Waals surface area contributed by atoms with Gasteiger partial charge in [0.15, 0.2) is 0 Å². The van der Waals surface area contributed by atoms with Crippen molar-refractivity contribution < 1.29 is 5.11 Å². The lowest BCUT2D eigenvalue weighted by Gasteiger charge is -2.16. The molecule has 9 rings (SSSR count). The van der Waals surface area contributed by atoms with Crippen LogP contribution in [0.15, 0.2) is 188 Å². The van der Waals surface area contributed by atoms with Gasteiger partial charge in [0.1, 0.15) is 11.6 Å². The van der Waals surface area contributed by atoms with Crippen LogP contribution >= 0.6 is 0 Å². The minimum absolute atomic E-state index is 0.0808. The van der Waals surface area contributed by atoms with E-state index in [9.17, 15) is 5.11 Å². The first-order valence-electron chi connectivity index (χ1n) is 19.6. The second kappa shape index (κ2) is 15.2. The zero-order valence-corrected chi connectivity index (χ0v) is 32.3. The largest absolute Gasteiger partial charge is 0.507 e. The second-order valence-electron chi connectivity index (χ2n) is 15.0. The molecule has 1 atom stereocenters. The zero-order valence-electron chi connectivity index (χ0n) is 32.3. The lowest BCUT2D eigenvalue weighted by Crippen LogP contribution is -2.03. The number of phenolic OH excluding ortho intramolecular Hbond substituents is 1. The first kappa shape index (κ1) is 35.6. The van der Waals surface area contributed by atoms with E-state index in [0.717, 1.165) is 72.6 Å². The highest BCUT2D eigenvalue weighted by Gasteiger charge is 2.22. The molecule has 4 nitrogen and oxygen atoms in total. The van der Waals surface area contributed by atoms with Crippen LogP contribution < -0.4 is 0 Å². The number of aromatic hydroxyl groups is 1. The number of fused-ring (bicyclic) bond motifs is 1. The number of hydrogen-bond donors (Lipinski definition) is 1. The van der Waals surface area contributed by atoms with Gasteiger partial charge < -0.3 is 9.67 Å². The Bertz CT molecular complexity index is 2820. The Hall–Kier alpha value is -7.04. The van der Waals surface area contributed by atoms with Gasteiger partial charge in [-0.15, -0.1) is 0 Å². The second-order valence-corrected chi connectivity index (χ2v) is 15.0. The number of phenols is 1. The summed E-state index contributed by atoms with van der Waals surface area (Å²) in [4.78, 5) is 10.3. The number of benzene rings is 7. The number of rotatable bonds is 9. The lowest BCUT2D eigenvalue weighted by atomic mass is 9.91. The molecule has 2 heterocycles. The van der Waals surface area contributed by atoms with Gasteiger partial charge in [-0.2, -0.15) is 0 Å².